The van der Waals surface area contributed by atoms with Crippen LogP contribution < -0.4 is 5.32 Å². The Labute approximate surface area is 116 Å². The first kappa shape index (κ1) is 16.1. The van der Waals surface area contributed by atoms with Gasteiger partial charge in [0, 0.05) is 11.6 Å². The molecule has 1 aromatic rings. The van der Waals surface area contributed by atoms with Crippen LogP contribution in [-0.4, -0.2) is 23.5 Å². The van der Waals surface area contributed by atoms with Crippen molar-refractivity contribution >= 4 is 11.9 Å². The van der Waals surface area contributed by atoms with Gasteiger partial charge in [-0.1, -0.05) is 0 Å². The van der Waals surface area contributed by atoms with Crippen LogP contribution in [0.4, 0.5) is 13.6 Å². The maximum absolute atomic E-state index is 13.0. The van der Waals surface area contributed by atoms with Crippen molar-refractivity contribution in [3.05, 3.63) is 35.4 Å². The zero-order valence-electron chi connectivity index (χ0n) is 11.8. The maximum atomic E-state index is 13.0. The van der Waals surface area contributed by atoms with Crippen LogP contribution in [0.3, 0.4) is 0 Å². The van der Waals surface area contributed by atoms with E-state index >= 15 is 0 Å². The average Bonchev–Trinajstić information content (AvgIpc) is 2.23. The largest absolute Gasteiger partial charge is 0.444 e. The standard InChI is InChI=1S/C14H17F2NO3/c1-8(17-13(19)20-14(2,3)4)12(18)9-5-10(15)7-11(16)6-9/h5-8H,1-4H3,(H,17,19). The molecule has 0 spiro atoms. The Morgan fingerprint density at radius 2 is 1.65 bits per heavy atom. The fourth-order valence-corrected chi connectivity index (χ4v) is 1.50. The Hall–Kier alpha value is -1.98. The summed E-state index contributed by atoms with van der Waals surface area (Å²) in [6.07, 6.45) is -0.768. The third kappa shape index (κ3) is 4.95. The smallest absolute Gasteiger partial charge is 0.408 e. The predicted octanol–water partition coefficient (Wildman–Crippen LogP) is 3.06. The van der Waals surface area contributed by atoms with E-state index in [2.05, 4.69) is 5.32 Å². The Morgan fingerprint density at radius 3 is 2.10 bits per heavy atom. The normalized spacial score (nSPS) is 12.7. The molecule has 0 aromatic heterocycles. The predicted molar refractivity (Wildman–Crippen MR) is 69.5 cm³/mol. The van der Waals surface area contributed by atoms with Crippen molar-refractivity contribution in [2.45, 2.75) is 39.3 Å². The van der Waals surface area contributed by atoms with Crippen molar-refractivity contribution < 1.29 is 23.1 Å². The van der Waals surface area contributed by atoms with E-state index in [-0.39, 0.29) is 5.56 Å². The van der Waals surface area contributed by atoms with Gasteiger partial charge >= 0.3 is 6.09 Å². The number of ketones is 1. The fourth-order valence-electron chi connectivity index (χ4n) is 1.50. The number of hydrogen-bond acceptors (Lipinski definition) is 3. The molecule has 0 aliphatic heterocycles. The Bertz CT molecular complexity index is 503. The van der Waals surface area contributed by atoms with Gasteiger partial charge in [0.2, 0.25) is 0 Å². The van der Waals surface area contributed by atoms with Crippen LogP contribution in [0, 0.1) is 11.6 Å². The van der Waals surface area contributed by atoms with Gasteiger partial charge < -0.3 is 10.1 Å². The third-order valence-electron chi connectivity index (χ3n) is 2.27. The molecule has 0 radical (unpaired) electrons. The molecule has 0 aliphatic carbocycles. The highest BCUT2D eigenvalue weighted by Gasteiger charge is 2.22. The molecule has 4 nitrogen and oxygen atoms in total. The third-order valence-corrected chi connectivity index (χ3v) is 2.27. The van der Waals surface area contributed by atoms with E-state index in [0.29, 0.717) is 6.07 Å². The minimum absolute atomic E-state index is 0.147. The van der Waals surface area contributed by atoms with Gasteiger partial charge in [0.05, 0.1) is 6.04 Å². The fraction of sp³-hybridized carbons (Fsp3) is 0.429. The van der Waals surface area contributed by atoms with E-state index in [4.69, 9.17) is 4.74 Å². The van der Waals surface area contributed by atoms with E-state index in [9.17, 15) is 18.4 Å². The van der Waals surface area contributed by atoms with Gasteiger partial charge in [0.15, 0.2) is 5.78 Å². The second kappa shape index (κ2) is 5.98. The summed E-state index contributed by atoms with van der Waals surface area (Å²) in [5, 5.41) is 2.32. The van der Waals surface area contributed by atoms with E-state index in [1.807, 2.05) is 0 Å². The van der Waals surface area contributed by atoms with Crippen LogP contribution in [-0.2, 0) is 4.74 Å². The SMILES string of the molecule is CC(NC(=O)OC(C)(C)C)C(=O)c1cc(F)cc(F)c1. The number of alkyl carbamates (subject to hydrolysis) is 1. The summed E-state index contributed by atoms with van der Waals surface area (Å²) >= 11 is 0. The molecule has 1 aromatic carbocycles. The lowest BCUT2D eigenvalue weighted by Crippen LogP contribution is -2.41. The summed E-state index contributed by atoms with van der Waals surface area (Å²) in [4.78, 5) is 23.5. The molecule has 0 saturated heterocycles. The molecule has 0 fully saturated rings. The van der Waals surface area contributed by atoms with Gasteiger partial charge in [0.1, 0.15) is 17.2 Å². The number of benzene rings is 1. The van der Waals surface area contributed by atoms with Gasteiger partial charge in [-0.3, -0.25) is 4.79 Å². The lowest BCUT2D eigenvalue weighted by molar-refractivity contribution is 0.0497. The van der Waals surface area contributed by atoms with Crippen molar-refractivity contribution in [1.29, 1.82) is 0 Å². The van der Waals surface area contributed by atoms with Crippen LogP contribution >= 0.6 is 0 Å². The van der Waals surface area contributed by atoms with Crippen LogP contribution in [0.25, 0.3) is 0 Å². The molecule has 0 aliphatic rings. The number of carbonyl (C=O) groups excluding carboxylic acids is 2. The Kier molecular flexibility index (Phi) is 4.81. The summed E-state index contributed by atoms with van der Waals surface area (Å²) in [5.41, 5.74) is -0.844. The minimum Gasteiger partial charge on any atom is -0.444 e. The second-order valence-corrected chi connectivity index (χ2v) is 5.39. The summed E-state index contributed by atoms with van der Waals surface area (Å²) in [5.74, 6) is -2.30. The molecule has 1 unspecified atom stereocenters. The average molecular weight is 285 g/mol. The quantitative estimate of drug-likeness (QED) is 0.868. The van der Waals surface area contributed by atoms with E-state index in [1.54, 1.807) is 20.8 Å². The van der Waals surface area contributed by atoms with Crippen LogP contribution in [0.2, 0.25) is 0 Å². The number of hydrogen-bond donors (Lipinski definition) is 1. The van der Waals surface area contributed by atoms with Crippen molar-refractivity contribution in [2.24, 2.45) is 0 Å². The molecule has 6 heteroatoms. The first-order valence-corrected chi connectivity index (χ1v) is 6.08. The number of nitrogens with one attached hydrogen (secondary N) is 1. The minimum atomic E-state index is -0.953. The summed E-state index contributed by atoms with van der Waals surface area (Å²) in [6, 6.07) is 1.55. The maximum Gasteiger partial charge on any atom is 0.408 e. The molecule has 0 bridgehead atoms. The highest BCUT2D eigenvalue weighted by molar-refractivity contribution is 6.01. The molecule has 1 N–H and O–H groups in total. The van der Waals surface area contributed by atoms with Crippen molar-refractivity contribution in [3.8, 4) is 0 Å². The van der Waals surface area contributed by atoms with Crippen LogP contribution in [0.5, 0.6) is 0 Å². The Morgan fingerprint density at radius 1 is 1.15 bits per heavy atom. The highest BCUT2D eigenvalue weighted by Crippen LogP contribution is 2.11. The molecule has 1 atom stereocenters. The summed E-state index contributed by atoms with van der Waals surface area (Å²) < 4.78 is 31.1. The first-order valence-electron chi connectivity index (χ1n) is 6.08. The van der Waals surface area contributed by atoms with E-state index in [0.717, 1.165) is 12.1 Å². The van der Waals surface area contributed by atoms with Gasteiger partial charge in [-0.15, -0.1) is 0 Å². The molecule has 0 saturated carbocycles. The van der Waals surface area contributed by atoms with Crippen LogP contribution in [0.15, 0.2) is 18.2 Å². The Balaban J connectivity index is 2.74. The lowest BCUT2D eigenvalue weighted by Gasteiger charge is -2.21. The highest BCUT2D eigenvalue weighted by atomic mass is 19.1. The molecular formula is C14H17F2NO3. The van der Waals surface area contributed by atoms with E-state index in [1.165, 1.54) is 6.92 Å². The molecule has 20 heavy (non-hydrogen) atoms. The lowest BCUT2D eigenvalue weighted by atomic mass is 10.1. The number of ether oxygens (including phenoxy) is 1. The van der Waals surface area contributed by atoms with Gasteiger partial charge in [0.25, 0.3) is 0 Å². The number of rotatable bonds is 3. The van der Waals surface area contributed by atoms with Crippen molar-refractivity contribution in [3.63, 3.8) is 0 Å². The summed E-state index contributed by atoms with van der Waals surface area (Å²) in [7, 11) is 0. The zero-order valence-corrected chi connectivity index (χ0v) is 11.8. The molecule has 1 rings (SSSR count). The van der Waals surface area contributed by atoms with Crippen LogP contribution in [0.1, 0.15) is 38.1 Å². The van der Waals surface area contributed by atoms with Gasteiger partial charge in [-0.2, -0.15) is 0 Å². The second-order valence-electron chi connectivity index (χ2n) is 5.39. The van der Waals surface area contributed by atoms with E-state index < -0.39 is 35.2 Å². The number of amides is 1. The summed E-state index contributed by atoms with van der Waals surface area (Å²) in [6.45, 7) is 6.46. The molecule has 0 heterocycles. The van der Waals surface area contributed by atoms with Gasteiger partial charge in [-0.05, 0) is 39.8 Å². The molecule has 110 valence electrons. The number of carbonyl (C=O) groups is 2. The van der Waals surface area contributed by atoms with Gasteiger partial charge in [-0.25, -0.2) is 13.6 Å². The zero-order chi connectivity index (χ0) is 15.5. The molecule has 1 amide bonds. The molecular weight excluding hydrogens is 268 g/mol. The van der Waals surface area contributed by atoms with Crippen molar-refractivity contribution in [1.82, 2.24) is 5.32 Å². The first-order chi connectivity index (χ1) is 9.08. The monoisotopic (exact) mass is 285 g/mol. The topological polar surface area (TPSA) is 55.4 Å². The number of Topliss-reactive ketones (excluding diaryl/α,β-unsaturated/α-hetero) is 1. The van der Waals surface area contributed by atoms with Crippen molar-refractivity contribution in [2.75, 3.05) is 0 Å². The number of halogens is 2.